The van der Waals surface area contributed by atoms with Crippen LogP contribution in [0.4, 0.5) is 17.1 Å². The van der Waals surface area contributed by atoms with Gasteiger partial charge in [-0.05, 0) is 55.2 Å². The van der Waals surface area contributed by atoms with Gasteiger partial charge in [0.05, 0.1) is 23.3 Å². The molecule has 1 aromatic heterocycles. The van der Waals surface area contributed by atoms with Crippen LogP contribution in [0.1, 0.15) is 18.4 Å². The zero-order valence-corrected chi connectivity index (χ0v) is 12.7. The number of nitrogens with one attached hydrogen (secondary N) is 1. The molecule has 2 aliphatic rings. The average Bonchev–Trinajstić information content (AvgIpc) is 2.95. The summed E-state index contributed by atoms with van der Waals surface area (Å²) in [6.45, 7) is 2.13. The van der Waals surface area contributed by atoms with E-state index >= 15 is 0 Å². The van der Waals surface area contributed by atoms with Crippen molar-refractivity contribution in [2.75, 3.05) is 10.2 Å². The van der Waals surface area contributed by atoms with Crippen molar-refractivity contribution in [3.05, 3.63) is 72.1 Å². The van der Waals surface area contributed by atoms with Gasteiger partial charge in [0.1, 0.15) is 6.17 Å². The number of aryl methyl sites for hydroxylation is 1. The molecule has 0 fully saturated rings. The van der Waals surface area contributed by atoms with E-state index in [4.69, 9.17) is 0 Å². The standard InChI is InChI=1S/C19H19N3/c1-14-9-10-18-17(12-14)21-19(15-6-3-2-4-7-15)22(18)16-8-5-11-20-13-16/h3,5-13,19,21H,2,4H2,1H3. The van der Waals surface area contributed by atoms with E-state index in [-0.39, 0.29) is 6.17 Å². The second kappa shape index (κ2) is 5.34. The lowest BCUT2D eigenvalue weighted by molar-refractivity contribution is 0.859. The third-order valence-electron chi connectivity index (χ3n) is 4.23. The lowest BCUT2D eigenvalue weighted by Gasteiger charge is -2.28. The highest BCUT2D eigenvalue weighted by molar-refractivity contribution is 5.84. The van der Waals surface area contributed by atoms with Gasteiger partial charge in [-0.15, -0.1) is 0 Å². The molecule has 0 amide bonds. The Morgan fingerprint density at radius 3 is 2.95 bits per heavy atom. The quantitative estimate of drug-likeness (QED) is 0.878. The number of rotatable bonds is 2. The highest BCUT2D eigenvalue weighted by Crippen LogP contribution is 2.42. The van der Waals surface area contributed by atoms with Gasteiger partial charge in [-0.2, -0.15) is 0 Å². The van der Waals surface area contributed by atoms with Crippen LogP contribution in [0, 0.1) is 6.92 Å². The van der Waals surface area contributed by atoms with Crippen molar-refractivity contribution in [2.24, 2.45) is 0 Å². The second-order valence-electron chi connectivity index (χ2n) is 5.83. The maximum Gasteiger partial charge on any atom is 0.130 e. The van der Waals surface area contributed by atoms with Gasteiger partial charge in [0.15, 0.2) is 0 Å². The highest BCUT2D eigenvalue weighted by atomic mass is 15.3. The number of pyridine rings is 1. The van der Waals surface area contributed by atoms with Gasteiger partial charge in [-0.1, -0.05) is 24.3 Å². The van der Waals surface area contributed by atoms with Gasteiger partial charge in [0.2, 0.25) is 0 Å². The summed E-state index contributed by atoms with van der Waals surface area (Å²) in [5.74, 6) is 0. The fourth-order valence-electron chi connectivity index (χ4n) is 3.18. The summed E-state index contributed by atoms with van der Waals surface area (Å²) in [6.07, 6.45) is 13.0. The summed E-state index contributed by atoms with van der Waals surface area (Å²) in [6, 6.07) is 10.7. The molecule has 1 N–H and O–H groups in total. The molecule has 0 radical (unpaired) electrons. The summed E-state index contributed by atoms with van der Waals surface area (Å²) in [5, 5.41) is 3.67. The lowest BCUT2D eigenvalue weighted by Crippen LogP contribution is -2.33. The maximum absolute atomic E-state index is 4.29. The van der Waals surface area contributed by atoms with Gasteiger partial charge < -0.3 is 10.2 Å². The van der Waals surface area contributed by atoms with Crippen molar-refractivity contribution >= 4 is 17.1 Å². The normalized spacial score (nSPS) is 19.6. The van der Waals surface area contributed by atoms with Crippen LogP contribution >= 0.6 is 0 Å². The first kappa shape index (κ1) is 13.1. The fraction of sp³-hybridized carbons (Fsp3) is 0.211. The molecule has 0 spiro atoms. The summed E-state index contributed by atoms with van der Waals surface area (Å²) in [5.41, 5.74) is 6.11. The molecule has 4 rings (SSSR count). The third-order valence-corrected chi connectivity index (χ3v) is 4.23. The molecule has 2 heterocycles. The van der Waals surface area contributed by atoms with Gasteiger partial charge in [-0.25, -0.2) is 0 Å². The van der Waals surface area contributed by atoms with Crippen LogP contribution in [0.25, 0.3) is 0 Å². The molecule has 1 unspecified atom stereocenters. The molecule has 0 saturated heterocycles. The topological polar surface area (TPSA) is 28.2 Å². The number of allylic oxidation sites excluding steroid dienone is 2. The highest BCUT2D eigenvalue weighted by Gasteiger charge is 2.32. The summed E-state index contributed by atoms with van der Waals surface area (Å²) < 4.78 is 0. The average molecular weight is 289 g/mol. The van der Waals surface area contributed by atoms with Crippen LogP contribution in [0.15, 0.2) is 66.5 Å². The van der Waals surface area contributed by atoms with E-state index < -0.39 is 0 Å². The minimum atomic E-state index is 0.137. The van der Waals surface area contributed by atoms with Crippen molar-refractivity contribution < 1.29 is 0 Å². The van der Waals surface area contributed by atoms with E-state index in [2.05, 4.69) is 64.6 Å². The second-order valence-corrected chi connectivity index (χ2v) is 5.83. The number of fused-ring (bicyclic) bond motifs is 1. The molecule has 3 heteroatoms. The molecule has 2 aromatic rings. The fourth-order valence-corrected chi connectivity index (χ4v) is 3.18. The van der Waals surface area contributed by atoms with E-state index in [1.165, 1.54) is 22.5 Å². The Hall–Kier alpha value is -2.55. The van der Waals surface area contributed by atoms with Crippen molar-refractivity contribution in [1.29, 1.82) is 0 Å². The van der Waals surface area contributed by atoms with E-state index in [0.717, 1.165) is 18.5 Å². The van der Waals surface area contributed by atoms with Crippen molar-refractivity contribution in [3.8, 4) is 0 Å². The van der Waals surface area contributed by atoms with Crippen LogP contribution in [-0.4, -0.2) is 11.1 Å². The van der Waals surface area contributed by atoms with Gasteiger partial charge in [0.25, 0.3) is 0 Å². The first-order valence-corrected chi connectivity index (χ1v) is 7.76. The largest absolute Gasteiger partial charge is 0.359 e. The number of benzene rings is 1. The Bertz CT molecular complexity index is 747. The first-order valence-electron chi connectivity index (χ1n) is 7.76. The molecule has 0 saturated carbocycles. The van der Waals surface area contributed by atoms with Gasteiger partial charge in [-0.3, -0.25) is 4.98 Å². The zero-order chi connectivity index (χ0) is 14.9. The lowest BCUT2D eigenvalue weighted by atomic mass is 10.0. The van der Waals surface area contributed by atoms with E-state index in [0.29, 0.717) is 0 Å². The Balaban J connectivity index is 1.82. The van der Waals surface area contributed by atoms with Crippen molar-refractivity contribution in [1.82, 2.24) is 4.98 Å². The van der Waals surface area contributed by atoms with E-state index in [1.54, 1.807) is 0 Å². The molecule has 1 atom stereocenters. The first-order chi connectivity index (χ1) is 10.8. The van der Waals surface area contributed by atoms with Crippen LogP contribution in [0.3, 0.4) is 0 Å². The van der Waals surface area contributed by atoms with Crippen molar-refractivity contribution in [2.45, 2.75) is 25.9 Å². The van der Waals surface area contributed by atoms with Crippen LogP contribution in [0.2, 0.25) is 0 Å². The number of hydrogen-bond donors (Lipinski definition) is 1. The Morgan fingerprint density at radius 1 is 1.23 bits per heavy atom. The zero-order valence-electron chi connectivity index (χ0n) is 12.7. The molecule has 0 bridgehead atoms. The van der Waals surface area contributed by atoms with E-state index in [9.17, 15) is 0 Å². The number of anilines is 3. The third kappa shape index (κ3) is 2.19. The van der Waals surface area contributed by atoms with Gasteiger partial charge >= 0.3 is 0 Å². The summed E-state index contributed by atoms with van der Waals surface area (Å²) in [7, 11) is 0. The smallest absolute Gasteiger partial charge is 0.130 e. The Labute approximate surface area is 131 Å². The predicted octanol–water partition coefficient (Wildman–Crippen LogP) is 4.56. The Kier molecular flexibility index (Phi) is 3.19. The number of nitrogens with zero attached hydrogens (tertiary/aromatic N) is 2. The van der Waals surface area contributed by atoms with Crippen LogP contribution in [-0.2, 0) is 0 Å². The monoisotopic (exact) mass is 289 g/mol. The van der Waals surface area contributed by atoms with Crippen LogP contribution < -0.4 is 10.2 Å². The van der Waals surface area contributed by atoms with Crippen LogP contribution in [0.5, 0.6) is 0 Å². The SMILES string of the molecule is Cc1ccc2c(c1)NC(C1=CCCC=C1)N2c1cccnc1. The number of aromatic nitrogens is 1. The minimum absolute atomic E-state index is 0.137. The molecule has 1 aromatic carbocycles. The van der Waals surface area contributed by atoms with E-state index in [1.807, 2.05) is 18.5 Å². The van der Waals surface area contributed by atoms with Gasteiger partial charge in [0, 0.05) is 6.20 Å². The molecule has 1 aliphatic carbocycles. The molecule has 1 aliphatic heterocycles. The minimum Gasteiger partial charge on any atom is -0.359 e. The molecule has 22 heavy (non-hydrogen) atoms. The molecular formula is C19H19N3. The summed E-state index contributed by atoms with van der Waals surface area (Å²) in [4.78, 5) is 6.63. The number of hydrogen-bond acceptors (Lipinski definition) is 3. The molecular weight excluding hydrogens is 270 g/mol. The molecule has 3 nitrogen and oxygen atoms in total. The maximum atomic E-state index is 4.29. The molecule has 110 valence electrons. The summed E-state index contributed by atoms with van der Waals surface area (Å²) >= 11 is 0. The predicted molar refractivity (Wildman–Crippen MR) is 91.4 cm³/mol. The Morgan fingerprint density at radius 2 is 2.18 bits per heavy atom. The van der Waals surface area contributed by atoms with Crippen molar-refractivity contribution in [3.63, 3.8) is 0 Å².